The van der Waals surface area contributed by atoms with Gasteiger partial charge in [-0.1, -0.05) is 18.6 Å². The summed E-state index contributed by atoms with van der Waals surface area (Å²) in [6.07, 6.45) is 4.20. The molecule has 1 aromatic rings. The molecule has 0 saturated heterocycles. The number of methoxy groups -OCH3 is 1. The maximum absolute atomic E-state index is 11.5. The first-order chi connectivity index (χ1) is 8.28. The second-order valence-corrected chi connectivity index (χ2v) is 4.51. The minimum atomic E-state index is -0.0782. The van der Waals surface area contributed by atoms with Gasteiger partial charge in [0, 0.05) is 6.42 Å². The van der Waals surface area contributed by atoms with E-state index in [1.165, 1.54) is 19.3 Å². The number of carbonyl (C=O) groups is 1. The quantitative estimate of drug-likeness (QED) is 0.735. The molecule has 0 spiro atoms. The predicted octanol–water partition coefficient (Wildman–Crippen LogP) is 2.93. The summed E-state index contributed by atoms with van der Waals surface area (Å²) in [4.78, 5) is 11.5. The molecule has 1 aliphatic carbocycles. The maximum Gasteiger partial charge on any atom is 0.306 e. The van der Waals surface area contributed by atoms with Crippen LogP contribution in [0.25, 0.3) is 0 Å². The highest BCUT2D eigenvalue weighted by Gasteiger charge is 2.21. The fourth-order valence-corrected chi connectivity index (χ4v) is 1.88. The molecule has 0 aliphatic heterocycles. The smallest absolute Gasteiger partial charge is 0.306 e. The fourth-order valence-electron chi connectivity index (χ4n) is 1.88. The summed E-state index contributed by atoms with van der Waals surface area (Å²) >= 11 is 0. The Morgan fingerprint density at radius 1 is 1.29 bits per heavy atom. The van der Waals surface area contributed by atoms with Crippen LogP contribution >= 0.6 is 0 Å². The molecule has 0 unspecified atom stereocenters. The summed E-state index contributed by atoms with van der Waals surface area (Å²) in [7, 11) is 1.63. The largest absolute Gasteiger partial charge is 0.497 e. The van der Waals surface area contributed by atoms with E-state index in [2.05, 4.69) is 0 Å². The van der Waals surface area contributed by atoms with E-state index >= 15 is 0 Å². The van der Waals surface area contributed by atoms with E-state index in [1.54, 1.807) is 7.11 Å². The molecule has 0 N–H and O–H groups in total. The van der Waals surface area contributed by atoms with Gasteiger partial charge in [0.1, 0.15) is 12.4 Å². The molecule has 1 fully saturated rings. The van der Waals surface area contributed by atoms with Crippen LogP contribution in [0.15, 0.2) is 24.3 Å². The van der Waals surface area contributed by atoms with E-state index < -0.39 is 0 Å². The standard InChI is InChI=1S/C14H18O3/c1-16-13-7-5-12(6-8-13)10-17-14(15)9-11-3-2-4-11/h5-8,11H,2-4,9-10H2,1H3. The van der Waals surface area contributed by atoms with Crippen LogP contribution < -0.4 is 4.74 Å². The molecule has 0 aromatic heterocycles. The Balaban J connectivity index is 1.74. The zero-order chi connectivity index (χ0) is 12.1. The summed E-state index contributed by atoms with van der Waals surface area (Å²) in [5.41, 5.74) is 0.993. The molecule has 1 aliphatic rings. The van der Waals surface area contributed by atoms with Crippen LogP contribution in [0.4, 0.5) is 0 Å². The first kappa shape index (κ1) is 12.0. The molecule has 3 heteroatoms. The summed E-state index contributed by atoms with van der Waals surface area (Å²) in [5.74, 6) is 1.30. The van der Waals surface area contributed by atoms with Gasteiger partial charge in [-0.05, 0) is 36.5 Å². The molecule has 0 radical (unpaired) electrons. The number of hydrogen-bond donors (Lipinski definition) is 0. The second kappa shape index (κ2) is 5.71. The van der Waals surface area contributed by atoms with Crippen LogP contribution in [0.2, 0.25) is 0 Å². The highest BCUT2D eigenvalue weighted by Crippen LogP contribution is 2.29. The maximum atomic E-state index is 11.5. The summed E-state index contributed by atoms with van der Waals surface area (Å²) in [6.45, 7) is 0.357. The fraction of sp³-hybridized carbons (Fsp3) is 0.500. The summed E-state index contributed by atoms with van der Waals surface area (Å²) < 4.78 is 10.3. The molecular formula is C14H18O3. The molecule has 92 valence electrons. The van der Waals surface area contributed by atoms with Crippen LogP contribution in [0.3, 0.4) is 0 Å². The minimum Gasteiger partial charge on any atom is -0.497 e. The van der Waals surface area contributed by atoms with Gasteiger partial charge in [0.2, 0.25) is 0 Å². The molecule has 0 atom stereocenters. The van der Waals surface area contributed by atoms with Crippen LogP contribution in [-0.2, 0) is 16.1 Å². The van der Waals surface area contributed by atoms with Crippen molar-refractivity contribution in [2.75, 3.05) is 7.11 Å². The molecule has 0 bridgehead atoms. The summed E-state index contributed by atoms with van der Waals surface area (Å²) in [6, 6.07) is 7.56. The predicted molar refractivity (Wildman–Crippen MR) is 64.7 cm³/mol. The SMILES string of the molecule is COc1ccc(COC(=O)CC2CCC2)cc1. The Hall–Kier alpha value is -1.51. The normalized spacial score (nSPS) is 15.1. The third-order valence-corrected chi connectivity index (χ3v) is 3.24. The molecule has 2 rings (SSSR count). The molecule has 0 heterocycles. The van der Waals surface area contributed by atoms with Crippen molar-refractivity contribution in [1.82, 2.24) is 0 Å². The van der Waals surface area contributed by atoms with Gasteiger partial charge in [0.25, 0.3) is 0 Å². The van der Waals surface area contributed by atoms with E-state index in [9.17, 15) is 4.79 Å². The lowest BCUT2D eigenvalue weighted by atomic mass is 9.83. The summed E-state index contributed by atoms with van der Waals surface area (Å²) in [5, 5.41) is 0. The lowest BCUT2D eigenvalue weighted by Gasteiger charge is -2.23. The Bertz CT molecular complexity index is 366. The Labute approximate surface area is 102 Å². The lowest BCUT2D eigenvalue weighted by Crippen LogP contribution is -2.17. The second-order valence-electron chi connectivity index (χ2n) is 4.51. The van der Waals surface area contributed by atoms with Crippen molar-refractivity contribution >= 4 is 5.97 Å². The number of rotatable bonds is 5. The van der Waals surface area contributed by atoms with Crippen molar-refractivity contribution in [2.45, 2.75) is 32.3 Å². The van der Waals surface area contributed by atoms with E-state index in [-0.39, 0.29) is 5.97 Å². The average molecular weight is 234 g/mol. The molecule has 0 amide bonds. The van der Waals surface area contributed by atoms with Crippen LogP contribution in [0.5, 0.6) is 5.75 Å². The third-order valence-electron chi connectivity index (χ3n) is 3.24. The van der Waals surface area contributed by atoms with E-state index in [1.807, 2.05) is 24.3 Å². The van der Waals surface area contributed by atoms with Gasteiger partial charge in [0.05, 0.1) is 7.11 Å². The molecule has 1 aromatic carbocycles. The van der Waals surface area contributed by atoms with Crippen molar-refractivity contribution in [3.05, 3.63) is 29.8 Å². The van der Waals surface area contributed by atoms with E-state index in [0.717, 1.165) is 11.3 Å². The number of hydrogen-bond acceptors (Lipinski definition) is 3. The van der Waals surface area contributed by atoms with Gasteiger partial charge < -0.3 is 9.47 Å². The van der Waals surface area contributed by atoms with Gasteiger partial charge in [-0.15, -0.1) is 0 Å². The van der Waals surface area contributed by atoms with E-state index in [0.29, 0.717) is 18.9 Å². The Morgan fingerprint density at radius 2 is 2.00 bits per heavy atom. The Kier molecular flexibility index (Phi) is 4.02. The van der Waals surface area contributed by atoms with Crippen molar-refractivity contribution in [3.8, 4) is 5.75 Å². The number of carbonyl (C=O) groups excluding carboxylic acids is 1. The van der Waals surface area contributed by atoms with Crippen molar-refractivity contribution in [2.24, 2.45) is 5.92 Å². The van der Waals surface area contributed by atoms with Gasteiger partial charge >= 0.3 is 5.97 Å². The number of benzene rings is 1. The van der Waals surface area contributed by atoms with Gasteiger partial charge in [-0.25, -0.2) is 0 Å². The van der Waals surface area contributed by atoms with Crippen LogP contribution in [0.1, 0.15) is 31.2 Å². The molecule has 1 saturated carbocycles. The monoisotopic (exact) mass is 234 g/mol. The third kappa shape index (κ3) is 3.48. The average Bonchev–Trinajstić information content (AvgIpc) is 2.32. The first-order valence-electron chi connectivity index (χ1n) is 6.06. The lowest BCUT2D eigenvalue weighted by molar-refractivity contribution is -0.146. The Morgan fingerprint density at radius 3 is 2.53 bits per heavy atom. The highest BCUT2D eigenvalue weighted by molar-refractivity contribution is 5.69. The molecular weight excluding hydrogens is 216 g/mol. The highest BCUT2D eigenvalue weighted by atomic mass is 16.5. The number of ether oxygens (including phenoxy) is 2. The van der Waals surface area contributed by atoms with Gasteiger partial charge in [-0.2, -0.15) is 0 Å². The van der Waals surface area contributed by atoms with Crippen LogP contribution in [0, 0.1) is 5.92 Å². The van der Waals surface area contributed by atoms with Crippen molar-refractivity contribution in [3.63, 3.8) is 0 Å². The molecule has 3 nitrogen and oxygen atoms in total. The van der Waals surface area contributed by atoms with Crippen molar-refractivity contribution in [1.29, 1.82) is 0 Å². The van der Waals surface area contributed by atoms with Crippen LogP contribution in [-0.4, -0.2) is 13.1 Å². The zero-order valence-electron chi connectivity index (χ0n) is 10.1. The number of esters is 1. The van der Waals surface area contributed by atoms with E-state index in [4.69, 9.17) is 9.47 Å². The minimum absolute atomic E-state index is 0.0782. The topological polar surface area (TPSA) is 35.5 Å². The zero-order valence-corrected chi connectivity index (χ0v) is 10.1. The van der Waals surface area contributed by atoms with Gasteiger partial charge in [0.15, 0.2) is 0 Å². The first-order valence-corrected chi connectivity index (χ1v) is 6.06. The van der Waals surface area contributed by atoms with Crippen molar-refractivity contribution < 1.29 is 14.3 Å². The van der Waals surface area contributed by atoms with Gasteiger partial charge in [-0.3, -0.25) is 4.79 Å². The molecule has 17 heavy (non-hydrogen) atoms.